The average Bonchev–Trinajstić information content (AvgIpc) is 3.51. The standard InChI is InChI=1S/C40H26O3S/c41-44(42,34-24-14-5-15-25-34)40-37-33(27-26-29-16-6-1-7-17-29)28-35(30-18-8-2-9-19-30)36(31-20-10-3-11-21-31)39(37)43-38(40)32-22-12-4-13-23-32/h1-25,28H. The van der Waals surface area contributed by atoms with E-state index >= 15 is 0 Å². The van der Waals surface area contributed by atoms with Crippen molar-refractivity contribution in [3.63, 3.8) is 0 Å². The largest absolute Gasteiger partial charge is 0.454 e. The maximum absolute atomic E-state index is 14.6. The zero-order valence-corrected chi connectivity index (χ0v) is 24.5. The van der Waals surface area contributed by atoms with Gasteiger partial charge in [0.15, 0.2) is 5.76 Å². The van der Waals surface area contributed by atoms with Gasteiger partial charge in [-0.2, -0.15) is 0 Å². The van der Waals surface area contributed by atoms with Gasteiger partial charge in [0.2, 0.25) is 9.84 Å². The summed E-state index contributed by atoms with van der Waals surface area (Å²) in [6.07, 6.45) is 0. The molecule has 0 saturated heterocycles. The highest BCUT2D eigenvalue weighted by molar-refractivity contribution is 7.91. The van der Waals surface area contributed by atoms with Crippen molar-refractivity contribution < 1.29 is 12.8 Å². The first-order valence-electron chi connectivity index (χ1n) is 14.3. The minimum Gasteiger partial charge on any atom is -0.454 e. The molecule has 7 rings (SSSR count). The van der Waals surface area contributed by atoms with Crippen molar-refractivity contribution in [1.29, 1.82) is 0 Å². The summed E-state index contributed by atoms with van der Waals surface area (Å²) in [7, 11) is -4.04. The minimum atomic E-state index is -4.04. The zero-order valence-electron chi connectivity index (χ0n) is 23.6. The number of furan rings is 1. The Bertz CT molecular complexity index is 2250. The average molecular weight is 587 g/mol. The van der Waals surface area contributed by atoms with Crippen LogP contribution >= 0.6 is 0 Å². The van der Waals surface area contributed by atoms with E-state index in [-0.39, 0.29) is 15.6 Å². The van der Waals surface area contributed by atoms with E-state index in [1.54, 1.807) is 30.3 Å². The number of hydrogen-bond acceptors (Lipinski definition) is 3. The van der Waals surface area contributed by atoms with E-state index in [1.807, 2.05) is 127 Å². The van der Waals surface area contributed by atoms with Gasteiger partial charge < -0.3 is 4.42 Å². The van der Waals surface area contributed by atoms with E-state index in [0.717, 1.165) is 27.8 Å². The van der Waals surface area contributed by atoms with E-state index in [0.29, 0.717) is 22.1 Å². The molecular weight excluding hydrogens is 561 g/mol. The van der Waals surface area contributed by atoms with Gasteiger partial charge >= 0.3 is 0 Å². The molecule has 3 nitrogen and oxygen atoms in total. The van der Waals surface area contributed by atoms with Gasteiger partial charge in [-0.05, 0) is 47.0 Å². The third-order valence-corrected chi connectivity index (χ3v) is 9.36. The van der Waals surface area contributed by atoms with Crippen LogP contribution in [0.25, 0.3) is 44.5 Å². The SMILES string of the molecule is O=S(=O)(c1ccccc1)c1c(-c2ccccc2)oc2c(-c3ccccc3)c(-c3ccccc3)cc(C#Cc3ccccc3)c12. The Morgan fingerprint density at radius 2 is 1.02 bits per heavy atom. The maximum atomic E-state index is 14.6. The van der Waals surface area contributed by atoms with Gasteiger partial charge in [0.1, 0.15) is 10.5 Å². The number of hydrogen-bond donors (Lipinski definition) is 0. The molecule has 1 aromatic heterocycles. The molecule has 0 aliphatic heterocycles. The van der Waals surface area contributed by atoms with Crippen molar-refractivity contribution in [1.82, 2.24) is 0 Å². The maximum Gasteiger partial charge on any atom is 0.211 e. The molecule has 0 radical (unpaired) electrons. The number of benzene rings is 6. The highest BCUT2D eigenvalue weighted by Crippen LogP contribution is 2.48. The first-order valence-corrected chi connectivity index (χ1v) is 15.8. The third kappa shape index (κ3) is 5.00. The molecule has 4 heteroatoms. The Kier molecular flexibility index (Phi) is 7.16. The van der Waals surface area contributed by atoms with Crippen molar-refractivity contribution >= 4 is 20.8 Å². The molecule has 0 unspecified atom stereocenters. The van der Waals surface area contributed by atoms with Crippen LogP contribution in [0.1, 0.15) is 11.1 Å². The molecule has 7 aromatic rings. The van der Waals surface area contributed by atoms with Crippen LogP contribution in [0, 0.1) is 11.8 Å². The predicted molar refractivity (Wildman–Crippen MR) is 177 cm³/mol. The summed E-state index contributed by atoms with van der Waals surface area (Å²) in [5.41, 5.74) is 6.14. The summed E-state index contributed by atoms with van der Waals surface area (Å²) >= 11 is 0. The van der Waals surface area contributed by atoms with Crippen LogP contribution in [-0.2, 0) is 9.84 Å². The lowest BCUT2D eigenvalue weighted by molar-refractivity contribution is 0.590. The van der Waals surface area contributed by atoms with Crippen molar-refractivity contribution in [3.8, 4) is 45.4 Å². The molecule has 6 aromatic carbocycles. The summed E-state index contributed by atoms with van der Waals surface area (Å²) in [6, 6.07) is 49.6. The van der Waals surface area contributed by atoms with Crippen LogP contribution in [0.3, 0.4) is 0 Å². The second kappa shape index (κ2) is 11.6. The second-order valence-electron chi connectivity index (χ2n) is 10.3. The fourth-order valence-electron chi connectivity index (χ4n) is 5.50. The topological polar surface area (TPSA) is 47.3 Å². The summed E-state index contributed by atoms with van der Waals surface area (Å²) in [5.74, 6) is 6.91. The molecule has 0 spiro atoms. The Morgan fingerprint density at radius 3 is 1.61 bits per heavy atom. The fourth-order valence-corrected chi connectivity index (χ4v) is 7.12. The van der Waals surface area contributed by atoms with E-state index in [2.05, 4.69) is 11.8 Å². The summed E-state index contributed by atoms with van der Waals surface area (Å²) < 4.78 is 36.0. The van der Waals surface area contributed by atoms with E-state index in [4.69, 9.17) is 4.42 Å². The first kappa shape index (κ1) is 27.2. The number of sulfone groups is 1. The van der Waals surface area contributed by atoms with Crippen LogP contribution in [0.2, 0.25) is 0 Å². The highest BCUT2D eigenvalue weighted by atomic mass is 32.2. The van der Waals surface area contributed by atoms with Gasteiger partial charge in [0.05, 0.1) is 10.3 Å². The fraction of sp³-hybridized carbons (Fsp3) is 0. The minimum absolute atomic E-state index is 0.110. The molecule has 0 aliphatic rings. The van der Waals surface area contributed by atoms with Gasteiger partial charge in [-0.3, -0.25) is 0 Å². The lowest BCUT2D eigenvalue weighted by Gasteiger charge is -2.13. The number of fused-ring (bicyclic) bond motifs is 1. The zero-order chi connectivity index (χ0) is 29.9. The van der Waals surface area contributed by atoms with Crippen molar-refractivity contribution in [2.45, 2.75) is 9.79 Å². The van der Waals surface area contributed by atoms with Crippen LogP contribution in [-0.4, -0.2) is 8.42 Å². The van der Waals surface area contributed by atoms with E-state index < -0.39 is 9.84 Å². The van der Waals surface area contributed by atoms with Gasteiger partial charge in [-0.1, -0.05) is 139 Å². The Labute approximate surface area is 257 Å². The first-order chi connectivity index (χ1) is 21.6. The van der Waals surface area contributed by atoms with Crippen molar-refractivity contribution in [3.05, 3.63) is 169 Å². The summed E-state index contributed by atoms with van der Waals surface area (Å²) in [6.45, 7) is 0. The predicted octanol–water partition coefficient (Wildman–Crippen LogP) is 9.67. The molecule has 44 heavy (non-hydrogen) atoms. The van der Waals surface area contributed by atoms with Crippen LogP contribution in [0.15, 0.2) is 172 Å². The molecular formula is C40H26O3S. The van der Waals surface area contributed by atoms with Crippen LogP contribution in [0.4, 0.5) is 0 Å². The van der Waals surface area contributed by atoms with E-state index in [9.17, 15) is 8.42 Å². The highest BCUT2D eigenvalue weighted by Gasteiger charge is 2.33. The molecule has 0 N–H and O–H groups in total. The molecule has 210 valence electrons. The van der Waals surface area contributed by atoms with Crippen molar-refractivity contribution in [2.75, 3.05) is 0 Å². The van der Waals surface area contributed by atoms with E-state index in [1.165, 1.54) is 0 Å². The lowest BCUT2D eigenvalue weighted by atomic mass is 9.90. The number of rotatable bonds is 5. The molecule has 0 aliphatic carbocycles. The second-order valence-corrected chi connectivity index (χ2v) is 12.2. The monoisotopic (exact) mass is 586 g/mol. The molecule has 0 amide bonds. The van der Waals surface area contributed by atoms with Crippen molar-refractivity contribution in [2.24, 2.45) is 0 Å². The van der Waals surface area contributed by atoms with Gasteiger partial charge in [-0.25, -0.2) is 8.42 Å². The molecule has 1 heterocycles. The van der Waals surface area contributed by atoms with Crippen LogP contribution in [0.5, 0.6) is 0 Å². The van der Waals surface area contributed by atoms with Crippen LogP contribution < -0.4 is 0 Å². The normalized spacial score (nSPS) is 11.2. The Morgan fingerprint density at radius 1 is 0.523 bits per heavy atom. The quantitative estimate of drug-likeness (QED) is 0.189. The Hall–Kier alpha value is -5.63. The summed E-state index contributed by atoms with van der Waals surface area (Å²) in [5, 5.41) is 0.467. The van der Waals surface area contributed by atoms with Gasteiger partial charge in [-0.15, -0.1) is 0 Å². The molecule has 0 bridgehead atoms. The van der Waals surface area contributed by atoms with Gasteiger partial charge in [0, 0.05) is 22.3 Å². The summed E-state index contributed by atoms with van der Waals surface area (Å²) in [4.78, 5) is 0.300. The lowest BCUT2D eigenvalue weighted by Crippen LogP contribution is -2.03. The molecule has 0 saturated carbocycles. The molecule has 0 atom stereocenters. The molecule has 0 fully saturated rings. The third-order valence-electron chi connectivity index (χ3n) is 7.54. The Balaban J connectivity index is 1.68. The van der Waals surface area contributed by atoms with Gasteiger partial charge in [0.25, 0.3) is 0 Å². The smallest absolute Gasteiger partial charge is 0.211 e.